The maximum Gasteiger partial charge on any atom is 0.326 e. The number of carboxylic acid groups (broad SMARTS) is 3. The molecule has 262 valence electrons. The van der Waals surface area contributed by atoms with Gasteiger partial charge in [0.15, 0.2) is 5.96 Å². The number of aliphatic carboxylic acids is 3. The molecule has 4 amide bonds. The lowest BCUT2D eigenvalue weighted by molar-refractivity contribution is -0.143. The van der Waals surface area contributed by atoms with Crippen LogP contribution in [0.25, 0.3) is 0 Å². The quantitative estimate of drug-likeness (QED) is 0.0278. The van der Waals surface area contributed by atoms with Gasteiger partial charge in [0.25, 0.3) is 0 Å². The number of rotatable bonds is 24. The van der Waals surface area contributed by atoms with Gasteiger partial charge in [-0.25, -0.2) is 4.79 Å². The standard InChI is InChI=1S/C27H49N9O10/c1-14(2)21(25(44)35-18(26(45)46)9-11-20(39)40)36-24(43)17(8-10-19(37)38)34-23(42)16(7-3-4-12-28)33-22(41)15(29)6-5-13-32-27(30)31/h14-18,21H,3-13,28-29H2,1-2H3,(H,33,41)(H,34,42)(H,35,44)(H,36,43)(H,37,38)(H,39,40)(H,45,46)(H4,30,31,32). The van der Waals surface area contributed by atoms with Gasteiger partial charge in [0.2, 0.25) is 23.6 Å². The van der Waals surface area contributed by atoms with Crippen molar-refractivity contribution in [1.82, 2.24) is 21.3 Å². The summed E-state index contributed by atoms with van der Waals surface area (Å²) in [6, 6.07) is -6.54. The molecule has 0 saturated heterocycles. The van der Waals surface area contributed by atoms with Crippen molar-refractivity contribution in [3.05, 3.63) is 0 Å². The van der Waals surface area contributed by atoms with E-state index in [1.54, 1.807) is 13.8 Å². The van der Waals surface area contributed by atoms with Crippen LogP contribution in [0.15, 0.2) is 4.99 Å². The molecule has 0 aromatic carbocycles. The van der Waals surface area contributed by atoms with E-state index >= 15 is 0 Å². The van der Waals surface area contributed by atoms with E-state index in [1.807, 2.05) is 0 Å². The van der Waals surface area contributed by atoms with E-state index in [1.165, 1.54) is 0 Å². The van der Waals surface area contributed by atoms with Crippen molar-refractivity contribution in [3.63, 3.8) is 0 Å². The SMILES string of the molecule is CC(C)C(NC(=O)C(CCC(=O)O)NC(=O)C(CCCCN)NC(=O)C(N)CCCN=C(N)N)C(=O)NC(CCC(=O)O)C(=O)O. The average Bonchev–Trinajstić information content (AvgIpc) is 2.96. The molecule has 0 spiro atoms. The Hall–Kier alpha value is -4.52. The zero-order valence-corrected chi connectivity index (χ0v) is 26.2. The third-order valence-electron chi connectivity index (χ3n) is 6.67. The summed E-state index contributed by atoms with van der Waals surface area (Å²) in [7, 11) is 0. The van der Waals surface area contributed by atoms with E-state index in [-0.39, 0.29) is 31.8 Å². The first-order valence-corrected chi connectivity index (χ1v) is 14.9. The van der Waals surface area contributed by atoms with Crippen LogP contribution in [-0.4, -0.2) is 106 Å². The fourth-order valence-electron chi connectivity index (χ4n) is 4.08. The van der Waals surface area contributed by atoms with E-state index in [0.29, 0.717) is 25.8 Å². The van der Waals surface area contributed by atoms with Gasteiger partial charge in [-0.2, -0.15) is 0 Å². The zero-order chi connectivity index (χ0) is 35.4. The number of nitrogens with two attached hydrogens (primary N) is 4. The summed E-state index contributed by atoms with van der Waals surface area (Å²) < 4.78 is 0. The second kappa shape index (κ2) is 22.1. The predicted octanol–water partition coefficient (Wildman–Crippen LogP) is -3.09. The summed E-state index contributed by atoms with van der Waals surface area (Å²) >= 11 is 0. The molecule has 15 N–H and O–H groups in total. The molecule has 46 heavy (non-hydrogen) atoms. The van der Waals surface area contributed by atoms with E-state index in [9.17, 15) is 43.8 Å². The number of carbonyl (C=O) groups is 7. The van der Waals surface area contributed by atoms with E-state index in [2.05, 4.69) is 26.3 Å². The highest BCUT2D eigenvalue weighted by molar-refractivity contribution is 5.95. The largest absolute Gasteiger partial charge is 0.481 e. The number of hydrogen-bond donors (Lipinski definition) is 11. The van der Waals surface area contributed by atoms with Gasteiger partial charge in [-0.3, -0.25) is 33.8 Å². The van der Waals surface area contributed by atoms with Gasteiger partial charge in [-0.1, -0.05) is 13.8 Å². The van der Waals surface area contributed by atoms with Gasteiger partial charge in [0.1, 0.15) is 24.2 Å². The summed E-state index contributed by atoms with van der Waals surface area (Å²) in [6.45, 7) is 3.64. The minimum Gasteiger partial charge on any atom is -0.481 e. The number of amides is 4. The van der Waals surface area contributed by atoms with Crippen LogP contribution in [0.3, 0.4) is 0 Å². The van der Waals surface area contributed by atoms with Crippen molar-refractivity contribution in [3.8, 4) is 0 Å². The first-order chi connectivity index (χ1) is 21.5. The highest BCUT2D eigenvalue weighted by atomic mass is 16.4. The van der Waals surface area contributed by atoms with Crippen LogP contribution in [0.5, 0.6) is 0 Å². The number of aliphatic imine (C=N–C) groups is 1. The molecule has 0 fully saturated rings. The number of hydrogen-bond acceptors (Lipinski definition) is 10. The Labute approximate surface area is 266 Å². The first-order valence-electron chi connectivity index (χ1n) is 14.9. The molecule has 19 heteroatoms. The highest BCUT2D eigenvalue weighted by Crippen LogP contribution is 2.09. The number of carboxylic acids is 3. The summed E-state index contributed by atoms with van der Waals surface area (Å²) in [5, 5.41) is 37.1. The van der Waals surface area contributed by atoms with E-state index < -0.39 is 96.9 Å². The third-order valence-corrected chi connectivity index (χ3v) is 6.67. The molecule has 0 rings (SSSR count). The molecule has 0 aliphatic rings. The van der Waals surface area contributed by atoms with E-state index in [4.69, 9.17) is 28.0 Å². The number of unbranched alkanes of at least 4 members (excludes halogenated alkanes) is 1. The summed E-state index contributed by atoms with van der Waals surface area (Å²) in [5.74, 6) is -8.07. The second-order valence-electron chi connectivity index (χ2n) is 11.0. The zero-order valence-electron chi connectivity index (χ0n) is 26.2. The summed E-state index contributed by atoms with van der Waals surface area (Å²) in [4.78, 5) is 89.9. The van der Waals surface area contributed by atoms with Crippen molar-refractivity contribution in [2.45, 2.75) is 102 Å². The lowest BCUT2D eigenvalue weighted by Gasteiger charge is -2.27. The van der Waals surface area contributed by atoms with Crippen molar-refractivity contribution in [2.75, 3.05) is 13.1 Å². The maximum absolute atomic E-state index is 13.3. The van der Waals surface area contributed by atoms with Crippen molar-refractivity contribution >= 4 is 47.5 Å². The molecule has 0 saturated carbocycles. The Morgan fingerprint density at radius 1 is 0.652 bits per heavy atom. The lowest BCUT2D eigenvalue weighted by atomic mass is 10.0. The normalized spacial score (nSPS) is 14.1. The first kappa shape index (κ1) is 41.5. The van der Waals surface area contributed by atoms with Crippen molar-refractivity contribution < 1.29 is 48.9 Å². The number of guanidine groups is 1. The van der Waals surface area contributed by atoms with Gasteiger partial charge >= 0.3 is 17.9 Å². The van der Waals surface area contributed by atoms with E-state index in [0.717, 1.165) is 0 Å². The van der Waals surface area contributed by atoms with Crippen LogP contribution in [0.4, 0.5) is 0 Å². The minimum atomic E-state index is -1.56. The molecule has 0 aromatic rings. The third kappa shape index (κ3) is 17.7. The van der Waals surface area contributed by atoms with Gasteiger partial charge in [-0.05, 0) is 57.4 Å². The fourth-order valence-corrected chi connectivity index (χ4v) is 4.08. The monoisotopic (exact) mass is 659 g/mol. The Bertz CT molecular complexity index is 1080. The van der Waals surface area contributed by atoms with Gasteiger partial charge in [-0.15, -0.1) is 0 Å². The molecule has 19 nitrogen and oxygen atoms in total. The maximum atomic E-state index is 13.3. The number of nitrogens with zero attached hydrogens (tertiary/aromatic N) is 1. The molecular weight excluding hydrogens is 610 g/mol. The van der Waals surface area contributed by atoms with Crippen molar-refractivity contribution in [1.29, 1.82) is 0 Å². The topological polar surface area (TPSA) is 345 Å². The smallest absolute Gasteiger partial charge is 0.326 e. The molecule has 0 radical (unpaired) electrons. The van der Waals surface area contributed by atoms with Crippen LogP contribution in [0, 0.1) is 5.92 Å². The minimum absolute atomic E-state index is 0.114. The number of carbonyl (C=O) groups excluding carboxylic acids is 4. The lowest BCUT2D eigenvalue weighted by Crippen LogP contribution is -2.59. The van der Waals surface area contributed by atoms with Gasteiger partial charge in [0, 0.05) is 19.4 Å². The Morgan fingerprint density at radius 2 is 1.15 bits per heavy atom. The highest BCUT2D eigenvalue weighted by Gasteiger charge is 2.33. The molecule has 0 aromatic heterocycles. The summed E-state index contributed by atoms with van der Waals surface area (Å²) in [5.41, 5.74) is 22.1. The molecule has 0 aliphatic carbocycles. The molecule has 5 atom stereocenters. The van der Waals surface area contributed by atoms with Crippen LogP contribution >= 0.6 is 0 Å². The fraction of sp³-hybridized carbons (Fsp3) is 0.704. The molecule has 0 heterocycles. The average molecular weight is 660 g/mol. The predicted molar refractivity (Wildman–Crippen MR) is 165 cm³/mol. The van der Waals surface area contributed by atoms with Gasteiger partial charge in [0.05, 0.1) is 6.04 Å². The number of nitrogens with one attached hydrogen (secondary N) is 4. The molecule has 5 unspecified atom stereocenters. The summed E-state index contributed by atoms with van der Waals surface area (Å²) in [6.07, 6.45) is -0.250. The Kier molecular flexibility index (Phi) is 19.9. The Morgan fingerprint density at radius 3 is 1.65 bits per heavy atom. The molecule has 0 bridgehead atoms. The van der Waals surface area contributed by atoms with Gasteiger partial charge < -0.3 is 59.5 Å². The van der Waals surface area contributed by atoms with Crippen LogP contribution in [0.2, 0.25) is 0 Å². The van der Waals surface area contributed by atoms with Crippen LogP contribution in [-0.2, 0) is 33.6 Å². The van der Waals surface area contributed by atoms with Crippen LogP contribution < -0.4 is 44.2 Å². The van der Waals surface area contributed by atoms with Crippen molar-refractivity contribution in [2.24, 2.45) is 33.8 Å². The van der Waals surface area contributed by atoms with Crippen LogP contribution in [0.1, 0.15) is 71.6 Å². The Balaban J connectivity index is 5.84. The second-order valence-corrected chi connectivity index (χ2v) is 11.0. The molecular formula is C27H49N9O10. The molecule has 0 aliphatic heterocycles.